The van der Waals surface area contributed by atoms with Crippen LogP contribution < -0.4 is 0 Å². The van der Waals surface area contributed by atoms with Gasteiger partial charge < -0.3 is 19.5 Å². The number of halogens is 3. The molecule has 1 unspecified atom stereocenters. The SMILES string of the molecule is CCOC(=O)CSc1cc(-c2nn(CC(O)CN3CCC(N4CCOCC4)CC3)c3c2CN(S(C)(=O)=O)CC3)ccc1C(F)(F)F. The van der Waals surface area contributed by atoms with E-state index in [4.69, 9.17) is 14.6 Å². The van der Waals surface area contributed by atoms with Crippen molar-refractivity contribution in [3.63, 3.8) is 0 Å². The molecule has 46 heavy (non-hydrogen) atoms. The molecule has 0 radical (unpaired) electrons. The maximum absolute atomic E-state index is 13.9. The van der Waals surface area contributed by atoms with Crippen molar-refractivity contribution in [3.05, 3.63) is 35.0 Å². The quantitative estimate of drug-likeness (QED) is 0.279. The van der Waals surface area contributed by atoms with Crippen molar-refractivity contribution < 1.29 is 41.0 Å². The van der Waals surface area contributed by atoms with Crippen molar-refractivity contribution in [1.29, 1.82) is 0 Å². The smallest absolute Gasteiger partial charge is 0.417 e. The van der Waals surface area contributed by atoms with Crippen LogP contribution in [0.2, 0.25) is 0 Å². The first-order chi connectivity index (χ1) is 21.8. The molecule has 0 saturated carbocycles. The Morgan fingerprint density at radius 2 is 1.87 bits per heavy atom. The first-order valence-electron chi connectivity index (χ1n) is 15.6. The van der Waals surface area contributed by atoms with Gasteiger partial charge in [0.15, 0.2) is 0 Å². The third kappa shape index (κ3) is 8.62. The van der Waals surface area contributed by atoms with Crippen LogP contribution in [0.5, 0.6) is 0 Å². The van der Waals surface area contributed by atoms with E-state index in [-0.39, 0.29) is 36.9 Å². The number of likely N-dealkylation sites (tertiary alicyclic amines) is 1. The number of rotatable bonds is 11. The van der Waals surface area contributed by atoms with Crippen LogP contribution in [0.25, 0.3) is 11.3 Å². The fraction of sp³-hybridized carbons (Fsp3) is 0.667. The van der Waals surface area contributed by atoms with E-state index >= 15 is 0 Å². The summed E-state index contributed by atoms with van der Waals surface area (Å²) < 4.78 is 80.0. The minimum Gasteiger partial charge on any atom is -0.465 e. The Hall–Kier alpha value is -2.21. The maximum Gasteiger partial charge on any atom is 0.417 e. The molecule has 4 heterocycles. The highest BCUT2D eigenvalue weighted by Gasteiger charge is 2.35. The standard InChI is InChI=1S/C30H42F3N5O6S2/c1-3-44-28(40)20-45-27-16-21(4-5-25(27)30(31,32)33)29-24-19-37(46(2,41)42)11-8-26(24)38(34-29)18-23(39)17-35-9-6-22(7-10-35)36-12-14-43-15-13-36/h4-5,16,22-23,39H,3,6-15,17-20H2,1-2H3. The van der Waals surface area contributed by atoms with Crippen molar-refractivity contribution in [2.45, 2.75) is 62.5 Å². The Labute approximate surface area is 272 Å². The molecule has 2 saturated heterocycles. The van der Waals surface area contributed by atoms with Gasteiger partial charge in [0.25, 0.3) is 0 Å². The molecule has 1 N–H and O–H groups in total. The molecule has 2 aromatic rings. The predicted octanol–water partition coefficient (Wildman–Crippen LogP) is 2.70. The van der Waals surface area contributed by atoms with Crippen LogP contribution in [0.3, 0.4) is 0 Å². The van der Waals surface area contributed by atoms with Crippen LogP contribution in [0.4, 0.5) is 13.2 Å². The number of morpholine rings is 1. The van der Waals surface area contributed by atoms with Gasteiger partial charge in [0.05, 0.1) is 55.7 Å². The van der Waals surface area contributed by atoms with Crippen LogP contribution in [0.15, 0.2) is 23.1 Å². The molecule has 2 fully saturated rings. The summed E-state index contributed by atoms with van der Waals surface area (Å²) in [4.78, 5) is 16.5. The van der Waals surface area contributed by atoms with Crippen molar-refractivity contribution in [2.75, 3.05) is 71.1 Å². The van der Waals surface area contributed by atoms with Crippen molar-refractivity contribution in [3.8, 4) is 11.3 Å². The molecular weight excluding hydrogens is 647 g/mol. The van der Waals surface area contributed by atoms with Crippen molar-refractivity contribution >= 4 is 27.8 Å². The second-order valence-electron chi connectivity index (χ2n) is 11.9. The number of hydrogen-bond acceptors (Lipinski definition) is 10. The van der Waals surface area contributed by atoms with Gasteiger partial charge in [-0.25, -0.2) is 8.42 Å². The summed E-state index contributed by atoms with van der Waals surface area (Å²) in [5.41, 5.74) is 1.18. The first-order valence-corrected chi connectivity index (χ1v) is 18.4. The molecule has 3 aliphatic rings. The zero-order valence-corrected chi connectivity index (χ0v) is 27.8. The number of thioether (sulfide) groups is 1. The minimum absolute atomic E-state index is 0.0149. The normalized spacial score (nSPS) is 20.0. The van der Waals surface area contributed by atoms with Gasteiger partial charge in [-0.3, -0.25) is 14.4 Å². The number of esters is 1. The highest BCUT2D eigenvalue weighted by atomic mass is 32.2. The van der Waals surface area contributed by atoms with Crippen LogP contribution in [-0.2, 0) is 50.0 Å². The lowest BCUT2D eigenvalue weighted by Crippen LogP contribution is -2.50. The number of carbonyl (C=O) groups is 1. The molecule has 0 spiro atoms. The van der Waals surface area contributed by atoms with Crippen molar-refractivity contribution in [2.24, 2.45) is 0 Å². The number of aliphatic hydroxyl groups is 1. The van der Waals surface area contributed by atoms with Crippen LogP contribution >= 0.6 is 11.8 Å². The Kier molecular flexibility index (Phi) is 11.4. The van der Waals surface area contributed by atoms with Gasteiger partial charge >= 0.3 is 12.1 Å². The summed E-state index contributed by atoms with van der Waals surface area (Å²) in [5.74, 6) is -0.930. The Morgan fingerprint density at radius 3 is 2.52 bits per heavy atom. The average Bonchev–Trinajstić information content (AvgIpc) is 3.37. The van der Waals surface area contributed by atoms with Gasteiger partial charge in [-0.15, -0.1) is 11.8 Å². The Balaban J connectivity index is 1.37. The number of benzene rings is 1. The zero-order valence-electron chi connectivity index (χ0n) is 26.2. The molecule has 11 nitrogen and oxygen atoms in total. The number of piperidine rings is 1. The summed E-state index contributed by atoms with van der Waals surface area (Å²) in [6, 6.07) is 4.13. The maximum atomic E-state index is 13.9. The van der Waals surface area contributed by atoms with E-state index in [1.807, 2.05) is 0 Å². The number of ether oxygens (including phenoxy) is 2. The van der Waals surface area contributed by atoms with E-state index in [0.29, 0.717) is 35.8 Å². The van der Waals surface area contributed by atoms with E-state index in [9.17, 15) is 31.5 Å². The van der Waals surface area contributed by atoms with E-state index in [2.05, 4.69) is 9.80 Å². The van der Waals surface area contributed by atoms with E-state index < -0.39 is 33.8 Å². The second kappa shape index (κ2) is 14.9. The van der Waals surface area contributed by atoms with Gasteiger partial charge in [0.1, 0.15) is 0 Å². The number of sulfonamides is 1. The summed E-state index contributed by atoms with van der Waals surface area (Å²) in [6.45, 7) is 7.73. The van der Waals surface area contributed by atoms with E-state index in [1.54, 1.807) is 11.6 Å². The molecule has 0 amide bonds. The Morgan fingerprint density at radius 1 is 1.15 bits per heavy atom. The molecule has 1 aromatic carbocycles. The monoisotopic (exact) mass is 689 g/mol. The number of hydrogen-bond donors (Lipinski definition) is 1. The Bertz CT molecular complexity index is 1470. The fourth-order valence-electron chi connectivity index (χ4n) is 6.46. The topological polar surface area (TPSA) is 117 Å². The average molecular weight is 690 g/mol. The first kappa shape index (κ1) is 35.1. The lowest BCUT2D eigenvalue weighted by atomic mass is 10.0. The van der Waals surface area contributed by atoms with Crippen LogP contribution in [0.1, 0.15) is 36.6 Å². The summed E-state index contributed by atoms with van der Waals surface area (Å²) >= 11 is 0.729. The van der Waals surface area contributed by atoms with E-state index in [1.165, 1.54) is 16.4 Å². The molecule has 0 aliphatic carbocycles. The number of aromatic nitrogens is 2. The fourth-order valence-corrected chi connectivity index (χ4v) is 8.15. The number of nitrogens with zero attached hydrogens (tertiary/aromatic N) is 5. The van der Waals surface area contributed by atoms with Gasteiger partial charge in [0.2, 0.25) is 10.0 Å². The third-order valence-corrected chi connectivity index (χ3v) is 11.0. The number of alkyl halides is 3. The summed E-state index contributed by atoms with van der Waals surface area (Å²) in [6.07, 6.45) is -1.91. The minimum atomic E-state index is -4.65. The summed E-state index contributed by atoms with van der Waals surface area (Å²) in [5, 5.41) is 15.9. The molecule has 256 valence electrons. The van der Waals surface area contributed by atoms with E-state index in [0.717, 1.165) is 82.0 Å². The molecule has 5 rings (SSSR count). The molecule has 3 aliphatic heterocycles. The second-order valence-corrected chi connectivity index (χ2v) is 14.9. The molecule has 1 aromatic heterocycles. The van der Waals surface area contributed by atoms with Gasteiger partial charge in [-0.1, -0.05) is 6.07 Å². The zero-order chi connectivity index (χ0) is 33.1. The van der Waals surface area contributed by atoms with Gasteiger partial charge in [-0.2, -0.15) is 22.6 Å². The highest BCUT2D eigenvalue weighted by molar-refractivity contribution is 8.00. The molecule has 0 bridgehead atoms. The highest BCUT2D eigenvalue weighted by Crippen LogP contribution is 2.40. The number of aliphatic hydroxyl groups excluding tert-OH is 1. The van der Waals surface area contributed by atoms with Gasteiger partial charge in [-0.05, 0) is 45.0 Å². The predicted molar refractivity (Wildman–Crippen MR) is 167 cm³/mol. The molecule has 16 heteroatoms. The molecular formula is C30H42F3N5O6S2. The van der Waals surface area contributed by atoms with Crippen LogP contribution in [0, 0.1) is 0 Å². The van der Waals surface area contributed by atoms with Crippen molar-refractivity contribution in [1.82, 2.24) is 23.9 Å². The number of fused-ring (bicyclic) bond motifs is 1. The lowest BCUT2D eigenvalue weighted by molar-refractivity contribution is -0.141. The summed E-state index contributed by atoms with van der Waals surface area (Å²) in [7, 11) is -3.55. The van der Waals surface area contributed by atoms with Gasteiger partial charge in [0, 0.05) is 66.9 Å². The molecule has 1 atom stereocenters. The van der Waals surface area contributed by atoms with Crippen LogP contribution in [-0.4, -0.2) is 127 Å². The number of carbonyl (C=O) groups excluding carboxylic acids is 1. The largest absolute Gasteiger partial charge is 0.465 e. The third-order valence-electron chi connectivity index (χ3n) is 8.75. The lowest BCUT2D eigenvalue weighted by Gasteiger charge is -2.40. The number of β-amino-alcohol motifs (C(OH)–C–C–N with tert-alkyl or cyclic N) is 1.